The molecule has 2 fully saturated rings. The molecule has 148 valence electrons. The second kappa shape index (κ2) is 6.95. The second-order valence-electron chi connectivity index (χ2n) is 7.84. The van der Waals surface area contributed by atoms with E-state index in [9.17, 15) is 14.4 Å². The maximum atomic E-state index is 13.6. The van der Waals surface area contributed by atoms with Crippen LogP contribution in [0.2, 0.25) is 0 Å². The van der Waals surface area contributed by atoms with Crippen molar-refractivity contribution in [1.29, 1.82) is 0 Å². The summed E-state index contributed by atoms with van der Waals surface area (Å²) in [6.07, 6.45) is 5.70. The zero-order valence-corrected chi connectivity index (χ0v) is 17.0. The number of amides is 2. The Morgan fingerprint density at radius 1 is 1.07 bits per heavy atom. The first-order chi connectivity index (χ1) is 14.1. The summed E-state index contributed by atoms with van der Waals surface area (Å²) in [7, 11) is 0. The number of fused-ring (bicyclic) bond motifs is 5. The lowest BCUT2D eigenvalue weighted by molar-refractivity contribution is -0.140. The summed E-state index contributed by atoms with van der Waals surface area (Å²) in [5.74, 6) is -1.52. The molecule has 0 aliphatic carbocycles. The van der Waals surface area contributed by atoms with Crippen LogP contribution < -0.4 is 4.90 Å². The van der Waals surface area contributed by atoms with Crippen LogP contribution in [0.15, 0.2) is 47.9 Å². The lowest BCUT2D eigenvalue weighted by atomic mass is 9.87. The standard InChI is InChI=1S/C23H22N2O3S/c1-2-3-12-24-22(27)18-16-11-10-14-7-4-5-8-15(14)25(16)20(19(18)23(24)28)21(26)17-9-6-13-29-17/h4-11,13,16,18-20H,2-3,12H2,1H3/t16-,18+,19+,20-/m1/s1. The van der Waals surface area contributed by atoms with Crippen molar-refractivity contribution in [1.82, 2.24) is 4.90 Å². The third-order valence-electron chi connectivity index (χ3n) is 6.27. The number of ketones is 1. The molecule has 0 radical (unpaired) electrons. The molecule has 1 aromatic carbocycles. The summed E-state index contributed by atoms with van der Waals surface area (Å²) in [6, 6.07) is 10.6. The molecule has 0 saturated carbocycles. The van der Waals surface area contributed by atoms with Crippen LogP contribution >= 0.6 is 11.3 Å². The van der Waals surface area contributed by atoms with Crippen molar-refractivity contribution in [3.63, 3.8) is 0 Å². The number of hydrogen-bond donors (Lipinski definition) is 0. The van der Waals surface area contributed by atoms with E-state index < -0.39 is 17.9 Å². The van der Waals surface area contributed by atoms with E-state index in [0.717, 1.165) is 24.1 Å². The van der Waals surface area contributed by atoms with E-state index in [1.165, 1.54) is 16.2 Å². The van der Waals surface area contributed by atoms with Crippen molar-refractivity contribution in [3.05, 3.63) is 58.3 Å². The predicted octanol–water partition coefficient (Wildman–Crippen LogP) is 3.62. The van der Waals surface area contributed by atoms with Gasteiger partial charge in [0.25, 0.3) is 0 Å². The summed E-state index contributed by atoms with van der Waals surface area (Å²) in [5.41, 5.74) is 1.93. The second-order valence-corrected chi connectivity index (χ2v) is 8.78. The molecule has 3 aliphatic heterocycles. The molecular formula is C23H22N2O3S. The number of thiophene rings is 1. The molecule has 0 bridgehead atoms. The SMILES string of the molecule is CCCCN1C(=O)[C@@H]2[C@H](C1=O)[C@H](C(=O)c1cccs1)N1c3ccccc3C=C[C@H]21. The monoisotopic (exact) mass is 406 g/mol. The molecular weight excluding hydrogens is 384 g/mol. The Morgan fingerprint density at radius 2 is 1.86 bits per heavy atom. The Balaban J connectivity index is 1.62. The van der Waals surface area contributed by atoms with E-state index in [-0.39, 0.29) is 23.6 Å². The van der Waals surface area contributed by atoms with Crippen LogP contribution in [0, 0.1) is 11.8 Å². The Bertz CT molecular complexity index is 1010. The zero-order chi connectivity index (χ0) is 20.1. The molecule has 4 heterocycles. The topological polar surface area (TPSA) is 57.7 Å². The number of imide groups is 1. The Kier molecular flexibility index (Phi) is 4.39. The average molecular weight is 407 g/mol. The summed E-state index contributed by atoms with van der Waals surface area (Å²) in [5, 5.41) is 1.87. The van der Waals surface area contributed by atoms with Gasteiger partial charge in [-0.05, 0) is 29.5 Å². The number of rotatable bonds is 5. The number of nitrogens with zero attached hydrogens (tertiary/aromatic N) is 2. The van der Waals surface area contributed by atoms with E-state index in [0.29, 0.717) is 11.4 Å². The molecule has 2 aromatic rings. The highest BCUT2D eigenvalue weighted by Crippen LogP contribution is 2.49. The van der Waals surface area contributed by atoms with Gasteiger partial charge in [-0.1, -0.05) is 49.8 Å². The van der Waals surface area contributed by atoms with E-state index in [2.05, 4.69) is 0 Å². The molecule has 0 spiro atoms. The molecule has 5 nitrogen and oxygen atoms in total. The molecule has 6 heteroatoms. The minimum absolute atomic E-state index is 0.0684. The van der Waals surface area contributed by atoms with Gasteiger partial charge >= 0.3 is 0 Å². The van der Waals surface area contributed by atoms with Crippen LogP contribution in [-0.4, -0.2) is 41.1 Å². The van der Waals surface area contributed by atoms with Gasteiger partial charge in [0.1, 0.15) is 6.04 Å². The highest BCUT2D eigenvalue weighted by molar-refractivity contribution is 7.12. The summed E-state index contributed by atoms with van der Waals surface area (Å²) in [4.78, 5) is 44.2. The normalized spacial score (nSPS) is 27.2. The first-order valence-corrected chi connectivity index (χ1v) is 11.0. The first-order valence-electron chi connectivity index (χ1n) is 10.1. The van der Waals surface area contributed by atoms with Gasteiger partial charge in [-0.15, -0.1) is 11.3 Å². The van der Waals surface area contributed by atoms with Crippen LogP contribution in [0.25, 0.3) is 6.08 Å². The number of Topliss-reactive ketones (excluding diaryl/α,β-unsaturated/α-hetero) is 1. The maximum absolute atomic E-state index is 13.6. The summed E-state index contributed by atoms with van der Waals surface area (Å²) >= 11 is 1.39. The zero-order valence-electron chi connectivity index (χ0n) is 16.2. The molecule has 0 N–H and O–H groups in total. The number of carbonyl (C=O) groups excluding carboxylic acids is 3. The van der Waals surface area contributed by atoms with Gasteiger partial charge in [-0.2, -0.15) is 0 Å². The number of carbonyl (C=O) groups is 3. The number of unbranched alkanes of at least 4 members (excludes halogenated alkanes) is 1. The Labute approximate surface area is 173 Å². The summed E-state index contributed by atoms with van der Waals surface area (Å²) in [6.45, 7) is 2.48. The molecule has 2 amide bonds. The van der Waals surface area contributed by atoms with Crippen LogP contribution in [0.5, 0.6) is 0 Å². The lowest BCUT2D eigenvalue weighted by Gasteiger charge is -2.36. The molecule has 3 aliphatic rings. The van der Waals surface area contributed by atoms with Crippen molar-refractivity contribution in [2.45, 2.75) is 31.8 Å². The molecule has 5 rings (SSSR count). The smallest absolute Gasteiger partial charge is 0.235 e. The minimum atomic E-state index is -0.655. The summed E-state index contributed by atoms with van der Waals surface area (Å²) < 4.78 is 0. The third kappa shape index (κ3) is 2.62. The van der Waals surface area contributed by atoms with Gasteiger partial charge in [-0.3, -0.25) is 19.3 Å². The fourth-order valence-corrected chi connectivity index (χ4v) is 5.67. The quantitative estimate of drug-likeness (QED) is 0.562. The predicted molar refractivity (Wildman–Crippen MR) is 113 cm³/mol. The fraction of sp³-hybridized carbons (Fsp3) is 0.348. The number of anilines is 1. The molecule has 0 unspecified atom stereocenters. The van der Waals surface area contributed by atoms with Gasteiger partial charge < -0.3 is 4.90 Å². The van der Waals surface area contributed by atoms with E-state index in [1.807, 2.05) is 59.7 Å². The van der Waals surface area contributed by atoms with Gasteiger partial charge in [0.15, 0.2) is 5.78 Å². The number of benzene rings is 1. The van der Waals surface area contributed by atoms with Gasteiger partial charge in [0.2, 0.25) is 11.8 Å². The van der Waals surface area contributed by atoms with E-state index in [4.69, 9.17) is 0 Å². The van der Waals surface area contributed by atoms with Crippen molar-refractivity contribution in [2.24, 2.45) is 11.8 Å². The van der Waals surface area contributed by atoms with E-state index >= 15 is 0 Å². The molecule has 4 atom stereocenters. The van der Waals surface area contributed by atoms with Crippen LogP contribution in [0.1, 0.15) is 35.0 Å². The lowest BCUT2D eigenvalue weighted by Crippen LogP contribution is -2.48. The number of para-hydroxylation sites is 1. The maximum Gasteiger partial charge on any atom is 0.235 e. The Morgan fingerprint density at radius 3 is 2.62 bits per heavy atom. The first kappa shape index (κ1) is 18.3. The molecule has 1 aromatic heterocycles. The Hall–Kier alpha value is -2.73. The van der Waals surface area contributed by atoms with Gasteiger partial charge in [0.05, 0.1) is 22.8 Å². The van der Waals surface area contributed by atoms with Crippen LogP contribution in [0.3, 0.4) is 0 Å². The van der Waals surface area contributed by atoms with Crippen molar-refractivity contribution < 1.29 is 14.4 Å². The molecule has 29 heavy (non-hydrogen) atoms. The van der Waals surface area contributed by atoms with Gasteiger partial charge in [-0.25, -0.2) is 0 Å². The van der Waals surface area contributed by atoms with E-state index in [1.54, 1.807) is 6.07 Å². The molecule has 2 saturated heterocycles. The number of hydrogen-bond acceptors (Lipinski definition) is 5. The van der Waals surface area contributed by atoms with Gasteiger partial charge in [0, 0.05) is 12.2 Å². The average Bonchev–Trinajstić information content (AvgIpc) is 3.44. The van der Waals surface area contributed by atoms with Crippen LogP contribution in [0.4, 0.5) is 5.69 Å². The van der Waals surface area contributed by atoms with Crippen molar-refractivity contribution >= 4 is 40.7 Å². The highest BCUT2D eigenvalue weighted by Gasteiger charge is 2.63. The van der Waals surface area contributed by atoms with Crippen molar-refractivity contribution in [3.8, 4) is 0 Å². The third-order valence-corrected chi connectivity index (χ3v) is 7.16. The van der Waals surface area contributed by atoms with Crippen LogP contribution in [-0.2, 0) is 9.59 Å². The largest absolute Gasteiger partial charge is 0.352 e. The fourth-order valence-electron chi connectivity index (χ4n) is 4.98. The number of likely N-dealkylation sites (tertiary alicyclic amines) is 1. The van der Waals surface area contributed by atoms with Crippen molar-refractivity contribution in [2.75, 3.05) is 11.4 Å². The minimum Gasteiger partial charge on any atom is -0.352 e. The highest BCUT2D eigenvalue weighted by atomic mass is 32.1.